The summed E-state index contributed by atoms with van der Waals surface area (Å²) in [6, 6.07) is 3.01. The zero-order valence-corrected chi connectivity index (χ0v) is 20.6. The quantitative estimate of drug-likeness (QED) is 0.336. The first-order valence-corrected chi connectivity index (χ1v) is 12.9. The van der Waals surface area contributed by atoms with E-state index in [1.165, 1.54) is 46.6 Å². The van der Waals surface area contributed by atoms with Gasteiger partial charge >= 0.3 is 5.97 Å². The van der Waals surface area contributed by atoms with Crippen molar-refractivity contribution in [3.05, 3.63) is 57.0 Å². The highest BCUT2D eigenvalue weighted by molar-refractivity contribution is 7.14. The number of carboxylic acids is 1. The molecule has 2 aliphatic rings. The molecule has 1 amide bonds. The van der Waals surface area contributed by atoms with Crippen molar-refractivity contribution in [2.24, 2.45) is 0 Å². The van der Waals surface area contributed by atoms with E-state index in [2.05, 4.69) is 15.3 Å². The largest absolute Gasteiger partial charge is 0.478 e. The number of amides is 1. The molecular formula is C25H25N5O6S. The summed E-state index contributed by atoms with van der Waals surface area (Å²) in [6.45, 7) is 1.25. The molecule has 0 spiro atoms. The lowest BCUT2D eigenvalue weighted by Gasteiger charge is -2.33. The Bertz CT molecular complexity index is 1440. The molecule has 0 bridgehead atoms. The maximum Gasteiger partial charge on any atom is 0.328 e. The predicted octanol–water partition coefficient (Wildman–Crippen LogP) is 2.91. The molecule has 1 unspecified atom stereocenters. The lowest BCUT2D eigenvalue weighted by Crippen LogP contribution is -2.41. The van der Waals surface area contributed by atoms with Crippen molar-refractivity contribution in [3.8, 4) is 0 Å². The maximum absolute atomic E-state index is 13.3. The molecule has 1 saturated carbocycles. The van der Waals surface area contributed by atoms with Gasteiger partial charge in [0.25, 0.3) is 17.9 Å². The maximum atomic E-state index is 13.3. The van der Waals surface area contributed by atoms with E-state index in [9.17, 15) is 19.2 Å². The summed E-state index contributed by atoms with van der Waals surface area (Å²) < 4.78 is 6.39. The van der Waals surface area contributed by atoms with Crippen LogP contribution in [0, 0.1) is 0 Å². The molecule has 37 heavy (non-hydrogen) atoms. The molecule has 12 heteroatoms. The van der Waals surface area contributed by atoms with Crippen LogP contribution in [0.3, 0.4) is 0 Å². The number of carbonyl (C=O) groups is 3. The van der Waals surface area contributed by atoms with Gasteiger partial charge in [-0.25, -0.2) is 14.8 Å². The zero-order valence-electron chi connectivity index (χ0n) is 19.8. The number of nitrogens with zero attached hydrogens (tertiary/aromatic N) is 4. The van der Waals surface area contributed by atoms with Crippen molar-refractivity contribution < 1.29 is 24.2 Å². The fourth-order valence-electron chi connectivity index (χ4n) is 4.55. The second-order valence-corrected chi connectivity index (χ2v) is 9.93. The molecule has 0 aromatic carbocycles. The minimum Gasteiger partial charge on any atom is -0.478 e. The number of hydrogen-bond acceptors (Lipinski definition) is 9. The lowest BCUT2D eigenvalue weighted by atomic mass is 9.83. The smallest absolute Gasteiger partial charge is 0.328 e. The van der Waals surface area contributed by atoms with E-state index in [-0.39, 0.29) is 29.0 Å². The van der Waals surface area contributed by atoms with E-state index in [0.29, 0.717) is 49.0 Å². The van der Waals surface area contributed by atoms with E-state index in [1.807, 2.05) is 5.38 Å². The summed E-state index contributed by atoms with van der Waals surface area (Å²) in [5.41, 5.74) is 1.15. The van der Waals surface area contributed by atoms with E-state index in [1.54, 1.807) is 4.90 Å². The highest BCUT2D eigenvalue weighted by Gasteiger charge is 2.26. The first kappa shape index (κ1) is 24.6. The first-order chi connectivity index (χ1) is 17.9. The number of hydrogen-bond donors (Lipinski definition) is 2. The SMILES string of the molecule is O=COC1CCCN(c2nc3cc(C(=O)Nc4nc(C5CCC5)cs4)ccn3c(=O)c2/C=C/C(=O)O)C1. The van der Waals surface area contributed by atoms with E-state index in [4.69, 9.17) is 9.84 Å². The Labute approximate surface area is 215 Å². The zero-order chi connectivity index (χ0) is 25.9. The third-order valence-corrected chi connectivity index (χ3v) is 7.47. The molecule has 1 saturated heterocycles. The molecule has 11 nitrogen and oxygen atoms in total. The minimum atomic E-state index is -1.20. The van der Waals surface area contributed by atoms with Crippen LogP contribution in [0.15, 0.2) is 34.6 Å². The van der Waals surface area contributed by atoms with E-state index >= 15 is 0 Å². The van der Waals surface area contributed by atoms with Gasteiger partial charge in [-0.1, -0.05) is 6.42 Å². The van der Waals surface area contributed by atoms with Crippen molar-refractivity contribution in [2.75, 3.05) is 23.3 Å². The molecule has 1 aliphatic carbocycles. The average Bonchev–Trinajstić information content (AvgIpc) is 3.29. The number of ether oxygens (including phenoxy) is 1. The lowest BCUT2D eigenvalue weighted by molar-refractivity contribution is -0.134. The van der Waals surface area contributed by atoms with Crippen LogP contribution >= 0.6 is 11.3 Å². The van der Waals surface area contributed by atoms with Crippen LogP contribution < -0.4 is 15.8 Å². The van der Waals surface area contributed by atoms with Crippen LogP contribution in [-0.4, -0.2) is 57.0 Å². The van der Waals surface area contributed by atoms with Crippen LogP contribution in [0.2, 0.25) is 0 Å². The number of anilines is 2. The number of carboxylic acid groups (broad SMARTS) is 1. The highest BCUT2D eigenvalue weighted by atomic mass is 32.1. The molecule has 2 N–H and O–H groups in total. The van der Waals surface area contributed by atoms with Crippen LogP contribution in [0.1, 0.15) is 59.6 Å². The Kier molecular flexibility index (Phi) is 6.99. The summed E-state index contributed by atoms with van der Waals surface area (Å²) in [5.74, 6) is -0.844. The summed E-state index contributed by atoms with van der Waals surface area (Å²) >= 11 is 1.38. The second-order valence-electron chi connectivity index (χ2n) is 9.07. The number of aromatic nitrogens is 3. The normalized spacial score (nSPS) is 18.1. The van der Waals surface area contributed by atoms with Gasteiger partial charge in [-0.3, -0.25) is 24.1 Å². The van der Waals surface area contributed by atoms with E-state index < -0.39 is 11.5 Å². The molecule has 192 valence electrons. The Hall–Kier alpha value is -4.06. The van der Waals surface area contributed by atoms with Crippen LogP contribution in [0.4, 0.5) is 10.9 Å². The van der Waals surface area contributed by atoms with E-state index in [0.717, 1.165) is 24.6 Å². The van der Waals surface area contributed by atoms with Gasteiger partial charge in [0.2, 0.25) is 0 Å². The molecule has 1 aliphatic heterocycles. The highest BCUT2D eigenvalue weighted by Crippen LogP contribution is 2.37. The van der Waals surface area contributed by atoms with Crippen molar-refractivity contribution in [2.45, 2.75) is 44.1 Å². The standard InChI is InChI=1S/C25H25N5O6S/c31-14-36-17-5-2-9-29(12-17)22-18(6-7-21(32)33)24(35)30-10-8-16(11-20(30)27-22)23(34)28-25-26-19(13-37-25)15-3-1-4-15/h6-8,10-11,13-15,17H,1-5,9,12H2,(H,32,33)(H,26,28,34)/b7-6+. The van der Waals surface area contributed by atoms with Gasteiger partial charge in [0.05, 0.1) is 17.8 Å². The minimum absolute atomic E-state index is 0.0927. The van der Waals surface area contributed by atoms with Gasteiger partial charge in [0.1, 0.15) is 17.6 Å². The van der Waals surface area contributed by atoms with Gasteiger partial charge in [-0.15, -0.1) is 11.3 Å². The van der Waals surface area contributed by atoms with Crippen LogP contribution in [-0.2, 0) is 14.3 Å². The topological polar surface area (TPSA) is 143 Å². The van der Waals surface area contributed by atoms with Crippen LogP contribution in [0.25, 0.3) is 11.7 Å². The third kappa shape index (κ3) is 5.24. The summed E-state index contributed by atoms with van der Waals surface area (Å²) in [7, 11) is 0. The summed E-state index contributed by atoms with van der Waals surface area (Å²) in [4.78, 5) is 59.3. The van der Waals surface area contributed by atoms with Crippen molar-refractivity contribution >= 4 is 52.4 Å². The summed E-state index contributed by atoms with van der Waals surface area (Å²) in [6.07, 6.45) is 7.97. The molecule has 4 heterocycles. The molecule has 1 atom stereocenters. The fraction of sp³-hybridized carbons (Fsp3) is 0.360. The molecule has 0 radical (unpaired) electrons. The van der Waals surface area contributed by atoms with Crippen molar-refractivity contribution in [1.82, 2.24) is 14.4 Å². The Balaban J connectivity index is 1.48. The number of piperidine rings is 1. The predicted molar refractivity (Wildman–Crippen MR) is 137 cm³/mol. The Morgan fingerprint density at radius 1 is 1.22 bits per heavy atom. The van der Waals surface area contributed by atoms with Gasteiger partial charge in [0.15, 0.2) is 5.13 Å². The molecular weight excluding hydrogens is 498 g/mol. The second kappa shape index (κ2) is 10.5. The van der Waals surface area contributed by atoms with Gasteiger partial charge in [-0.05, 0) is 43.9 Å². The number of pyridine rings is 1. The number of carbonyl (C=O) groups excluding carboxylic acids is 2. The fourth-order valence-corrected chi connectivity index (χ4v) is 5.33. The van der Waals surface area contributed by atoms with Crippen molar-refractivity contribution in [1.29, 1.82) is 0 Å². The molecule has 2 fully saturated rings. The monoisotopic (exact) mass is 523 g/mol. The Morgan fingerprint density at radius 2 is 2.05 bits per heavy atom. The first-order valence-electron chi connectivity index (χ1n) is 12.0. The molecule has 3 aromatic heterocycles. The molecule has 3 aromatic rings. The molecule has 5 rings (SSSR count). The number of rotatable bonds is 8. The Morgan fingerprint density at radius 3 is 2.78 bits per heavy atom. The number of fused-ring (bicyclic) bond motifs is 1. The summed E-state index contributed by atoms with van der Waals surface area (Å²) in [5, 5.41) is 14.4. The number of thiazole rings is 1. The number of nitrogens with one attached hydrogen (secondary N) is 1. The van der Waals surface area contributed by atoms with Gasteiger partial charge in [-0.2, -0.15) is 0 Å². The third-order valence-electron chi connectivity index (χ3n) is 6.69. The van der Waals surface area contributed by atoms with Gasteiger partial charge in [0, 0.05) is 35.7 Å². The number of aliphatic carboxylic acids is 1. The van der Waals surface area contributed by atoms with Gasteiger partial charge < -0.3 is 14.7 Å². The van der Waals surface area contributed by atoms with Crippen molar-refractivity contribution in [3.63, 3.8) is 0 Å². The average molecular weight is 524 g/mol. The van der Waals surface area contributed by atoms with Crippen LogP contribution in [0.5, 0.6) is 0 Å².